The normalized spacial score (nSPS) is 11.4. The molecule has 9 heteroatoms. The highest BCUT2D eigenvalue weighted by molar-refractivity contribution is 7.94. The Balaban J connectivity index is 2.34. The third-order valence-corrected chi connectivity index (χ3v) is 5.41. The van der Waals surface area contributed by atoms with Crippen molar-refractivity contribution in [1.29, 1.82) is 0 Å². The molecule has 2 aromatic heterocycles. The van der Waals surface area contributed by atoms with E-state index in [2.05, 4.69) is 14.7 Å². The zero-order chi connectivity index (χ0) is 15.6. The third-order valence-electron chi connectivity index (χ3n) is 2.67. The van der Waals surface area contributed by atoms with Crippen LogP contribution in [-0.4, -0.2) is 31.0 Å². The number of aromatic nitrogens is 2. The first kappa shape index (κ1) is 15.5. The molecule has 2 aromatic rings. The number of thiazole rings is 1. The summed E-state index contributed by atoms with van der Waals surface area (Å²) in [5.41, 5.74) is 0.880. The van der Waals surface area contributed by atoms with Crippen molar-refractivity contribution in [3.63, 3.8) is 0 Å². The number of hydrogen-bond donors (Lipinski definition) is 2. The van der Waals surface area contributed by atoms with E-state index < -0.39 is 16.0 Å². The van der Waals surface area contributed by atoms with Crippen LogP contribution in [0.1, 0.15) is 28.0 Å². The number of anilines is 1. The molecule has 0 spiro atoms. The Morgan fingerprint density at radius 2 is 2.19 bits per heavy atom. The SMILES string of the molecule is CCOC(=O)c1c(NS(=O)(=O)c2cnc(C)s2)c[nH]c1C. The summed E-state index contributed by atoms with van der Waals surface area (Å²) < 4.78 is 31.9. The standard InChI is InChI=1S/C12H15N3O4S2/c1-4-19-12(16)11-7(2)13-5-9(11)15-21(17,18)10-6-14-8(3)20-10/h5-6,13,15H,4H2,1-3H3. The van der Waals surface area contributed by atoms with Gasteiger partial charge in [0.15, 0.2) is 4.21 Å². The summed E-state index contributed by atoms with van der Waals surface area (Å²) in [5.74, 6) is -0.575. The number of rotatable bonds is 5. The Labute approximate surface area is 126 Å². The number of carbonyl (C=O) groups is 1. The molecule has 0 saturated carbocycles. The smallest absolute Gasteiger partial charge is 0.342 e. The van der Waals surface area contributed by atoms with Crippen molar-refractivity contribution < 1.29 is 17.9 Å². The van der Waals surface area contributed by atoms with Crippen molar-refractivity contribution in [3.05, 3.63) is 28.7 Å². The van der Waals surface area contributed by atoms with Crippen LogP contribution in [0.25, 0.3) is 0 Å². The average molecular weight is 329 g/mol. The van der Waals surface area contributed by atoms with E-state index >= 15 is 0 Å². The number of nitrogens with zero attached hydrogens (tertiary/aromatic N) is 1. The highest BCUT2D eigenvalue weighted by Crippen LogP contribution is 2.25. The van der Waals surface area contributed by atoms with Crippen molar-refractivity contribution in [3.8, 4) is 0 Å². The molecule has 0 radical (unpaired) electrons. The van der Waals surface area contributed by atoms with Gasteiger partial charge in [0, 0.05) is 11.9 Å². The van der Waals surface area contributed by atoms with Crippen LogP contribution in [0.4, 0.5) is 5.69 Å². The highest BCUT2D eigenvalue weighted by Gasteiger charge is 2.23. The number of sulfonamides is 1. The summed E-state index contributed by atoms with van der Waals surface area (Å²) in [6.45, 7) is 5.28. The van der Waals surface area contributed by atoms with Crippen molar-refractivity contribution in [2.45, 2.75) is 25.0 Å². The molecule has 0 unspecified atom stereocenters. The molecule has 0 amide bonds. The van der Waals surface area contributed by atoms with E-state index in [0.717, 1.165) is 11.3 Å². The van der Waals surface area contributed by atoms with Gasteiger partial charge in [-0.1, -0.05) is 0 Å². The minimum atomic E-state index is -3.77. The van der Waals surface area contributed by atoms with Gasteiger partial charge in [0.05, 0.1) is 23.5 Å². The maximum Gasteiger partial charge on any atom is 0.342 e. The zero-order valence-corrected chi connectivity index (χ0v) is 13.4. The quantitative estimate of drug-likeness (QED) is 0.818. The number of carbonyl (C=O) groups excluding carboxylic acids is 1. The molecule has 2 heterocycles. The largest absolute Gasteiger partial charge is 0.462 e. The van der Waals surface area contributed by atoms with Gasteiger partial charge in [0.25, 0.3) is 10.0 Å². The van der Waals surface area contributed by atoms with E-state index in [9.17, 15) is 13.2 Å². The molecule has 0 bridgehead atoms. The Morgan fingerprint density at radius 1 is 1.48 bits per heavy atom. The second-order valence-corrected chi connectivity index (χ2v) is 7.37. The summed E-state index contributed by atoms with van der Waals surface area (Å²) in [6, 6.07) is 0. The molecule has 0 aliphatic heterocycles. The minimum absolute atomic E-state index is 0.0914. The van der Waals surface area contributed by atoms with Crippen molar-refractivity contribution in [1.82, 2.24) is 9.97 Å². The van der Waals surface area contributed by atoms with E-state index in [1.807, 2.05) is 0 Å². The lowest BCUT2D eigenvalue weighted by molar-refractivity contribution is 0.0527. The Hall–Kier alpha value is -1.87. The number of ether oxygens (including phenoxy) is 1. The number of nitrogens with one attached hydrogen (secondary N) is 2. The van der Waals surface area contributed by atoms with Crippen LogP contribution in [0.5, 0.6) is 0 Å². The predicted octanol–water partition coefficient (Wildman–Crippen LogP) is 2.07. The van der Waals surface area contributed by atoms with E-state index in [-0.39, 0.29) is 22.1 Å². The molecule has 0 aliphatic carbocycles. The Morgan fingerprint density at radius 3 is 2.76 bits per heavy atom. The molecule has 21 heavy (non-hydrogen) atoms. The summed E-state index contributed by atoms with van der Waals surface area (Å²) >= 11 is 1.06. The van der Waals surface area contributed by atoms with Gasteiger partial charge in [-0.3, -0.25) is 4.72 Å². The lowest BCUT2D eigenvalue weighted by atomic mass is 10.2. The molecule has 2 N–H and O–H groups in total. The number of aromatic amines is 1. The lowest BCUT2D eigenvalue weighted by Crippen LogP contribution is -2.15. The van der Waals surface area contributed by atoms with Crippen LogP contribution < -0.4 is 4.72 Å². The van der Waals surface area contributed by atoms with Crippen LogP contribution in [0.3, 0.4) is 0 Å². The third kappa shape index (κ3) is 3.24. The second-order valence-electron chi connectivity index (χ2n) is 4.23. The summed E-state index contributed by atoms with van der Waals surface area (Å²) in [6.07, 6.45) is 2.71. The molecule has 0 aliphatic rings. The fraction of sp³-hybridized carbons (Fsp3) is 0.333. The van der Waals surface area contributed by atoms with E-state index in [1.165, 1.54) is 12.4 Å². The molecular weight excluding hydrogens is 314 g/mol. The molecule has 0 saturated heterocycles. The number of esters is 1. The molecule has 7 nitrogen and oxygen atoms in total. The number of hydrogen-bond acceptors (Lipinski definition) is 6. The average Bonchev–Trinajstić information content (AvgIpc) is 2.97. The fourth-order valence-corrected chi connectivity index (χ4v) is 3.90. The summed E-state index contributed by atoms with van der Waals surface area (Å²) in [7, 11) is -3.77. The summed E-state index contributed by atoms with van der Waals surface area (Å²) in [5, 5.41) is 0.645. The van der Waals surface area contributed by atoms with Crippen LogP contribution in [0, 0.1) is 13.8 Å². The number of H-pyrrole nitrogens is 1. The van der Waals surface area contributed by atoms with Crippen molar-refractivity contribution in [2.24, 2.45) is 0 Å². The molecule has 0 aromatic carbocycles. The van der Waals surface area contributed by atoms with Crippen molar-refractivity contribution in [2.75, 3.05) is 11.3 Å². The Bertz CT molecular complexity index is 761. The van der Waals surface area contributed by atoms with Gasteiger partial charge in [-0.25, -0.2) is 18.2 Å². The maximum atomic E-state index is 12.3. The predicted molar refractivity (Wildman–Crippen MR) is 79.1 cm³/mol. The summed E-state index contributed by atoms with van der Waals surface area (Å²) in [4.78, 5) is 18.6. The lowest BCUT2D eigenvalue weighted by Gasteiger charge is -2.07. The van der Waals surface area contributed by atoms with Gasteiger partial charge in [-0.05, 0) is 20.8 Å². The van der Waals surface area contributed by atoms with Gasteiger partial charge in [0.2, 0.25) is 0 Å². The van der Waals surface area contributed by atoms with Crippen LogP contribution in [-0.2, 0) is 14.8 Å². The van der Waals surface area contributed by atoms with Crippen LogP contribution in [0.2, 0.25) is 0 Å². The van der Waals surface area contributed by atoms with Crippen molar-refractivity contribution >= 4 is 33.0 Å². The van der Waals surface area contributed by atoms with E-state index in [1.54, 1.807) is 20.8 Å². The van der Waals surface area contributed by atoms with Gasteiger partial charge in [-0.2, -0.15) is 0 Å². The first-order valence-electron chi connectivity index (χ1n) is 6.15. The first-order chi connectivity index (χ1) is 9.85. The van der Waals surface area contributed by atoms with E-state index in [4.69, 9.17) is 4.74 Å². The molecule has 114 valence electrons. The topological polar surface area (TPSA) is 101 Å². The first-order valence-corrected chi connectivity index (χ1v) is 8.45. The van der Waals surface area contributed by atoms with Crippen LogP contribution >= 0.6 is 11.3 Å². The Kier molecular flexibility index (Phi) is 4.33. The van der Waals surface area contributed by atoms with Gasteiger partial charge in [0.1, 0.15) is 5.56 Å². The van der Waals surface area contributed by atoms with Crippen LogP contribution in [0.15, 0.2) is 16.6 Å². The minimum Gasteiger partial charge on any atom is -0.462 e. The van der Waals surface area contributed by atoms with Gasteiger partial charge in [-0.15, -0.1) is 11.3 Å². The monoisotopic (exact) mass is 329 g/mol. The molecule has 0 fully saturated rings. The van der Waals surface area contributed by atoms with E-state index in [0.29, 0.717) is 10.7 Å². The molecule has 0 atom stereocenters. The maximum absolute atomic E-state index is 12.3. The number of aryl methyl sites for hydroxylation is 2. The fourth-order valence-electron chi connectivity index (χ4n) is 1.73. The highest BCUT2D eigenvalue weighted by atomic mass is 32.2. The molecular formula is C12H15N3O4S2. The second kappa shape index (κ2) is 5.86. The van der Waals surface area contributed by atoms with Gasteiger partial charge < -0.3 is 9.72 Å². The molecule has 2 rings (SSSR count). The zero-order valence-electron chi connectivity index (χ0n) is 11.8. The van der Waals surface area contributed by atoms with Gasteiger partial charge >= 0.3 is 5.97 Å².